The standard InChI is InChI=1S/C15H23NO4S/c1-3-4-12-7-8-16(10-12)21(18,19)15-9-13(11-17)5-6-14(15)20-2/h5-6,9,12,17H,3-4,7-8,10-11H2,1-2H3. The minimum atomic E-state index is -3.57. The zero-order valence-corrected chi connectivity index (χ0v) is 13.4. The Balaban J connectivity index is 2.31. The van der Waals surface area contributed by atoms with Crippen LogP contribution in [-0.2, 0) is 16.6 Å². The van der Waals surface area contributed by atoms with E-state index in [4.69, 9.17) is 4.74 Å². The molecule has 1 aromatic carbocycles. The van der Waals surface area contributed by atoms with Crippen molar-refractivity contribution in [1.29, 1.82) is 0 Å². The van der Waals surface area contributed by atoms with E-state index in [9.17, 15) is 13.5 Å². The molecule has 5 nitrogen and oxygen atoms in total. The molecule has 1 N–H and O–H groups in total. The molecular weight excluding hydrogens is 290 g/mol. The van der Waals surface area contributed by atoms with Crippen molar-refractivity contribution >= 4 is 10.0 Å². The van der Waals surface area contributed by atoms with Crippen LogP contribution in [0.5, 0.6) is 5.75 Å². The summed E-state index contributed by atoms with van der Waals surface area (Å²) in [6.45, 7) is 3.05. The van der Waals surface area contributed by atoms with E-state index < -0.39 is 10.0 Å². The van der Waals surface area contributed by atoms with Gasteiger partial charge in [0.25, 0.3) is 0 Å². The molecule has 0 saturated carbocycles. The maximum Gasteiger partial charge on any atom is 0.246 e. The third kappa shape index (κ3) is 3.39. The number of aliphatic hydroxyl groups excluding tert-OH is 1. The fourth-order valence-electron chi connectivity index (χ4n) is 2.82. The number of sulfonamides is 1. The second-order valence-electron chi connectivity index (χ2n) is 5.45. The lowest BCUT2D eigenvalue weighted by Gasteiger charge is -2.19. The number of aliphatic hydroxyl groups is 1. The van der Waals surface area contributed by atoms with Crippen LogP contribution in [0.1, 0.15) is 31.7 Å². The molecule has 6 heteroatoms. The van der Waals surface area contributed by atoms with E-state index in [1.807, 2.05) is 0 Å². The van der Waals surface area contributed by atoms with Crippen molar-refractivity contribution in [3.05, 3.63) is 23.8 Å². The SMILES string of the molecule is CCCC1CCN(S(=O)(=O)c2cc(CO)ccc2OC)C1. The van der Waals surface area contributed by atoms with Gasteiger partial charge < -0.3 is 9.84 Å². The van der Waals surface area contributed by atoms with Crippen LogP contribution in [0.25, 0.3) is 0 Å². The van der Waals surface area contributed by atoms with Crippen LogP contribution in [0.15, 0.2) is 23.1 Å². The normalized spacial score (nSPS) is 19.9. The molecule has 0 spiro atoms. The number of hydrogen-bond donors (Lipinski definition) is 1. The van der Waals surface area contributed by atoms with Crippen molar-refractivity contribution in [3.63, 3.8) is 0 Å². The van der Waals surface area contributed by atoms with Crippen molar-refractivity contribution in [2.45, 2.75) is 37.7 Å². The topological polar surface area (TPSA) is 66.8 Å². The Morgan fingerprint density at radius 3 is 2.81 bits per heavy atom. The summed E-state index contributed by atoms with van der Waals surface area (Å²) in [6, 6.07) is 4.76. The number of nitrogens with zero attached hydrogens (tertiary/aromatic N) is 1. The molecule has 2 rings (SSSR count). The van der Waals surface area contributed by atoms with Gasteiger partial charge >= 0.3 is 0 Å². The highest BCUT2D eigenvalue weighted by molar-refractivity contribution is 7.89. The van der Waals surface area contributed by atoms with Crippen LogP contribution in [-0.4, -0.2) is 38.0 Å². The van der Waals surface area contributed by atoms with Gasteiger partial charge in [-0.1, -0.05) is 19.4 Å². The summed E-state index contributed by atoms with van der Waals surface area (Å²) in [5, 5.41) is 9.22. The summed E-state index contributed by atoms with van der Waals surface area (Å²) >= 11 is 0. The molecule has 0 aromatic heterocycles. The molecule has 0 aliphatic carbocycles. The van der Waals surface area contributed by atoms with E-state index in [0.717, 1.165) is 19.3 Å². The molecule has 1 aliphatic rings. The van der Waals surface area contributed by atoms with Gasteiger partial charge in [0.05, 0.1) is 13.7 Å². The summed E-state index contributed by atoms with van der Waals surface area (Å²) in [5.74, 6) is 0.767. The summed E-state index contributed by atoms with van der Waals surface area (Å²) in [7, 11) is -2.11. The molecule has 1 heterocycles. The molecule has 1 saturated heterocycles. The maximum absolute atomic E-state index is 12.8. The highest BCUT2D eigenvalue weighted by atomic mass is 32.2. The molecule has 1 aliphatic heterocycles. The second kappa shape index (κ2) is 6.77. The summed E-state index contributed by atoms with van der Waals surface area (Å²) in [5.41, 5.74) is 0.568. The monoisotopic (exact) mass is 313 g/mol. The molecule has 1 fully saturated rings. The quantitative estimate of drug-likeness (QED) is 0.872. The molecule has 1 unspecified atom stereocenters. The van der Waals surface area contributed by atoms with Crippen molar-refractivity contribution < 1.29 is 18.3 Å². The van der Waals surface area contributed by atoms with Gasteiger partial charge in [-0.25, -0.2) is 8.42 Å². The van der Waals surface area contributed by atoms with E-state index in [0.29, 0.717) is 30.3 Å². The molecule has 118 valence electrons. The Kier molecular flexibility index (Phi) is 5.24. The Bertz CT molecular complexity index is 585. The first-order valence-corrected chi connectivity index (χ1v) is 8.74. The second-order valence-corrected chi connectivity index (χ2v) is 7.36. The summed E-state index contributed by atoms with van der Waals surface area (Å²) < 4.78 is 32.3. The lowest BCUT2D eigenvalue weighted by Crippen LogP contribution is -2.29. The molecule has 0 bridgehead atoms. The smallest absolute Gasteiger partial charge is 0.246 e. The average molecular weight is 313 g/mol. The third-order valence-corrected chi connectivity index (χ3v) is 5.86. The maximum atomic E-state index is 12.8. The van der Waals surface area contributed by atoms with Gasteiger partial charge in [0.1, 0.15) is 10.6 Å². The first-order valence-electron chi connectivity index (χ1n) is 7.30. The largest absolute Gasteiger partial charge is 0.495 e. The van der Waals surface area contributed by atoms with E-state index in [1.54, 1.807) is 12.1 Å². The molecule has 1 aromatic rings. The van der Waals surface area contributed by atoms with Gasteiger partial charge in [0.2, 0.25) is 10.0 Å². The Morgan fingerprint density at radius 2 is 2.19 bits per heavy atom. The van der Waals surface area contributed by atoms with E-state index in [2.05, 4.69) is 6.92 Å². The van der Waals surface area contributed by atoms with Gasteiger partial charge in [-0.3, -0.25) is 0 Å². The predicted molar refractivity (Wildman–Crippen MR) is 80.7 cm³/mol. The summed E-state index contributed by atoms with van der Waals surface area (Å²) in [4.78, 5) is 0.147. The van der Waals surface area contributed by atoms with E-state index in [-0.39, 0.29) is 11.5 Å². The number of benzene rings is 1. The van der Waals surface area contributed by atoms with Crippen LogP contribution >= 0.6 is 0 Å². The molecule has 1 atom stereocenters. The van der Waals surface area contributed by atoms with Gasteiger partial charge in [-0.2, -0.15) is 4.31 Å². The van der Waals surface area contributed by atoms with Crippen molar-refractivity contribution in [2.75, 3.05) is 20.2 Å². The van der Waals surface area contributed by atoms with Crippen LogP contribution in [0, 0.1) is 5.92 Å². The molecule has 0 radical (unpaired) electrons. The van der Waals surface area contributed by atoms with Crippen molar-refractivity contribution in [2.24, 2.45) is 5.92 Å². The van der Waals surface area contributed by atoms with E-state index >= 15 is 0 Å². The lowest BCUT2D eigenvalue weighted by molar-refractivity contribution is 0.281. The highest BCUT2D eigenvalue weighted by Gasteiger charge is 2.34. The van der Waals surface area contributed by atoms with Gasteiger partial charge in [-0.15, -0.1) is 0 Å². The number of methoxy groups -OCH3 is 1. The van der Waals surface area contributed by atoms with Crippen LogP contribution in [0.2, 0.25) is 0 Å². The number of ether oxygens (including phenoxy) is 1. The van der Waals surface area contributed by atoms with Gasteiger partial charge in [0.15, 0.2) is 0 Å². The van der Waals surface area contributed by atoms with Crippen LogP contribution < -0.4 is 4.74 Å². The lowest BCUT2D eigenvalue weighted by atomic mass is 10.0. The number of rotatable bonds is 6. The first-order chi connectivity index (χ1) is 10.0. The minimum absolute atomic E-state index is 0.147. The van der Waals surface area contributed by atoms with E-state index in [1.165, 1.54) is 17.5 Å². The zero-order chi connectivity index (χ0) is 15.5. The van der Waals surface area contributed by atoms with Crippen LogP contribution in [0.3, 0.4) is 0 Å². The Hall–Kier alpha value is -1.11. The Morgan fingerprint density at radius 1 is 1.43 bits per heavy atom. The molecular formula is C15H23NO4S. The van der Waals surface area contributed by atoms with Gasteiger partial charge in [-0.05, 0) is 36.5 Å². The van der Waals surface area contributed by atoms with Crippen molar-refractivity contribution in [1.82, 2.24) is 4.31 Å². The average Bonchev–Trinajstić information content (AvgIpc) is 2.96. The molecule has 21 heavy (non-hydrogen) atoms. The molecule has 0 amide bonds. The zero-order valence-electron chi connectivity index (χ0n) is 12.6. The van der Waals surface area contributed by atoms with Crippen LogP contribution in [0.4, 0.5) is 0 Å². The minimum Gasteiger partial charge on any atom is -0.495 e. The number of hydrogen-bond acceptors (Lipinski definition) is 4. The fourth-order valence-corrected chi connectivity index (χ4v) is 4.56. The highest BCUT2D eigenvalue weighted by Crippen LogP contribution is 2.32. The predicted octanol–water partition coefficient (Wildman–Crippen LogP) is 2.00. The summed E-state index contributed by atoms with van der Waals surface area (Å²) in [6.07, 6.45) is 3.04. The fraction of sp³-hybridized carbons (Fsp3) is 0.600. The Labute approximate surface area is 126 Å². The third-order valence-electron chi connectivity index (χ3n) is 3.97. The first kappa shape index (κ1) is 16.3. The van der Waals surface area contributed by atoms with Crippen molar-refractivity contribution in [3.8, 4) is 5.75 Å². The van der Waals surface area contributed by atoms with Gasteiger partial charge in [0, 0.05) is 13.1 Å².